The number of rotatable bonds is 9. The summed E-state index contributed by atoms with van der Waals surface area (Å²) in [4.78, 5) is 2.36. The average Bonchev–Trinajstić information content (AvgIpc) is 4.00. The second-order valence-corrected chi connectivity index (χ2v) is 19.2. The van der Waals surface area contributed by atoms with Crippen LogP contribution < -0.4 is 4.90 Å². The Morgan fingerprint density at radius 1 is 0.274 bits per heavy atom. The molecule has 0 spiro atoms. The molecule has 14 rings (SSSR count). The van der Waals surface area contributed by atoms with Crippen molar-refractivity contribution in [2.45, 2.75) is 5.41 Å². The molecular formula is C71H47NO. The molecule has 13 aromatic rings. The van der Waals surface area contributed by atoms with E-state index in [1.807, 2.05) is 12.1 Å². The van der Waals surface area contributed by atoms with Crippen molar-refractivity contribution in [3.05, 3.63) is 307 Å². The maximum atomic E-state index is 6.49. The van der Waals surface area contributed by atoms with Gasteiger partial charge in [-0.05, 0) is 144 Å². The molecule has 1 aliphatic carbocycles. The van der Waals surface area contributed by atoms with Crippen molar-refractivity contribution in [2.75, 3.05) is 4.90 Å². The largest absolute Gasteiger partial charge is 0.455 e. The van der Waals surface area contributed by atoms with E-state index in [0.717, 1.165) is 61.3 Å². The van der Waals surface area contributed by atoms with Crippen LogP contribution in [0.1, 0.15) is 22.3 Å². The second-order valence-electron chi connectivity index (χ2n) is 19.2. The van der Waals surface area contributed by atoms with Crippen molar-refractivity contribution in [3.63, 3.8) is 0 Å². The first-order valence-corrected chi connectivity index (χ1v) is 25.1. The zero-order valence-electron chi connectivity index (χ0n) is 40.0. The van der Waals surface area contributed by atoms with Gasteiger partial charge in [-0.1, -0.05) is 224 Å². The summed E-state index contributed by atoms with van der Waals surface area (Å²) in [6.07, 6.45) is 0. The molecule has 2 heteroatoms. The topological polar surface area (TPSA) is 16.4 Å². The molecule has 0 amide bonds. The summed E-state index contributed by atoms with van der Waals surface area (Å²) in [7, 11) is 0. The van der Waals surface area contributed by atoms with Gasteiger partial charge in [0.15, 0.2) is 0 Å². The normalized spacial score (nSPS) is 12.5. The minimum Gasteiger partial charge on any atom is -0.455 e. The Morgan fingerprint density at radius 3 is 1.45 bits per heavy atom. The van der Waals surface area contributed by atoms with Crippen LogP contribution in [0.3, 0.4) is 0 Å². The van der Waals surface area contributed by atoms with Crippen molar-refractivity contribution >= 4 is 49.8 Å². The summed E-state index contributed by atoms with van der Waals surface area (Å²) >= 11 is 0. The number of fused-ring (bicyclic) bond motifs is 7. The van der Waals surface area contributed by atoms with Crippen LogP contribution in [0.2, 0.25) is 0 Å². The van der Waals surface area contributed by atoms with E-state index in [1.54, 1.807) is 0 Å². The van der Waals surface area contributed by atoms with Crippen LogP contribution in [0.5, 0.6) is 0 Å². The van der Waals surface area contributed by atoms with Gasteiger partial charge in [0.25, 0.3) is 0 Å². The van der Waals surface area contributed by atoms with Gasteiger partial charge in [-0.25, -0.2) is 0 Å². The molecule has 0 atom stereocenters. The quantitative estimate of drug-likeness (QED) is 0.143. The molecule has 2 nitrogen and oxygen atoms in total. The fourth-order valence-electron chi connectivity index (χ4n) is 11.7. The summed E-state index contributed by atoms with van der Waals surface area (Å²) in [5.74, 6) is 0. The van der Waals surface area contributed by atoms with Gasteiger partial charge in [0.1, 0.15) is 11.2 Å². The summed E-state index contributed by atoms with van der Waals surface area (Å²) in [5, 5.41) is 4.75. The molecule has 1 heterocycles. The van der Waals surface area contributed by atoms with Gasteiger partial charge in [0.05, 0.1) is 5.41 Å². The van der Waals surface area contributed by atoms with E-state index in [1.165, 1.54) is 66.4 Å². The van der Waals surface area contributed by atoms with Gasteiger partial charge in [0, 0.05) is 33.4 Å². The molecule has 342 valence electrons. The van der Waals surface area contributed by atoms with Crippen LogP contribution in [-0.4, -0.2) is 0 Å². The number of benzene rings is 12. The van der Waals surface area contributed by atoms with Crippen molar-refractivity contribution in [3.8, 4) is 55.6 Å². The van der Waals surface area contributed by atoms with E-state index >= 15 is 0 Å². The number of nitrogens with zero attached hydrogens (tertiary/aromatic N) is 1. The highest BCUT2D eigenvalue weighted by Crippen LogP contribution is 2.57. The molecule has 0 unspecified atom stereocenters. The van der Waals surface area contributed by atoms with Gasteiger partial charge in [-0.15, -0.1) is 0 Å². The third kappa shape index (κ3) is 7.10. The molecule has 12 aromatic carbocycles. The average molecular weight is 930 g/mol. The number of hydrogen-bond donors (Lipinski definition) is 0. The molecule has 0 fully saturated rings. The molecule has 73 heavy (non-hydrogen) atoms. The first kappa shape index (κ1) is 42.4. The second kappa shape index (κ2) is 17.4. The van der Waals surface area contributed by atoms with Crippen LogP contribution in [0.15, 0.2) is 290 Å². The lowest BCUT2D eigenvalue weighted by Crippen LogP contribution is -2.28. The van der Waals surface area contributed by atoms with E-state index < -0.39 is 5.41 Å². The van der Waals surface area contributed by atoms with Crippen molar-refractivity contribution < 1.29 is 4.42 Å². The zero-order chi connectivity index (χ0) is 48.3. The highest BCUT2D eigenvalue weighted by Gasteiger charge is 2.46. The van der Waals surface area contributed by atoms with Gasteiger partial charge in [0.2, 0.25) is 0 Å². The summed E-state index contributed by atoms with van der Waals surface area (Å²) < 4.78 is 6.49. The summed E-state index contributed by atoms with van der Waals surface area (Å²) in [6.45, 7) is 0. The van der Waals surface area contributed by atoms with E-state index in [9.17, 15) is 0 Å². The van der Waals surface area contributed by atoms with Crippen LogP contribution >= 0.6 is 0 Å². The lowest BCUT2D eigenvalue weighted by Gasteiger charge is -2.34. The molecule has 0 aliphatic heterocycles. The molecule has 0 saturated heterocycles. The number of anilines is 3. The fourth-order valence-corrected chi connectivity index (χ4v) is 11.7. The first-order chi connectivity index (χ1) is 36.2. The SMILES string of the molecule is c1ccc(C2(c3ccccc3)c3ccccc3-c3ccc(-c4ccc(N(c5ccc(-c6cccc(-c7ccc8ccccc8c7)c6)cc5)c5ccc(-c6cccc7c6oc6ccccc67)cc5)cc4)cc32)cc1. The fraction of sp³-hybridized carbons (Fsp3) is 0.0141. The Balaban J connectivity index is 0.852. The molecule has 0 radical (unpaired) electrons. The van der Waals surface area contributed by atoms with Crippen LogP contribution in [0.4, 0.5) is 17.1 Å². The minimum atomic E-state index is -0.465. The van der Waals surface area contributed by atoms with Crippen molar-refractivity contribution in [2.24, 2.45) is 0 Å². The number of furan rings is 1. The smallest absolute Gasteiger partial charge is 0.143 e. The van der Waals surface area contributed by atoms with Gasteiger partial charge >= 0.3 is 0 Å². The Kier molecular flexibility index (Phi) is 10.1. The van der Waals surface area contributed by atoms with E-state index in [-0.39, 0.29) is 0 Å². The van der Waals surface area contributed by atoms with E-state index in [2.05, 4.69) is 278 Å². The minimum absolute atomic E-state index is 0.465. The maximum Gasteiger partial charge on any atom is 0.143 e. The summed E-state index contributed by atoms with van der Waals surface area (Å²) in [5.41, 5.74) is 21.5. The van der Waals surface area contributed by atoms with E-state index in [0.29, 0.717) is 0 Å². The predicted molar refractivity (Wildman–Crippen MR) is 305 cm³/mol. The Bertz CT molecular complexity index is 4130. The van der Waals surface area contributed by atoms with Crippen LogP contribution in [0.25, 0.3) is 88.3 Å². The lowest BCUT2D eigenvalue weighted by molar-refractivity contribution is 0.670. The van der Waals surface area contributed by atoms with Gasteiger partial charge < -0.3 is 9.32 Å². The summed E-state index contributed by atoms with van der Waals surface area (Å²) in [6, 6.07) is 104. The van der Waals surface area contributed by atoms with Crippen molar-refractivity contribution in [1.82, 2.24) is 0 Å². The Morgan fingerprint density at radius 2 is 0.753 bits per heavy atom. The Labute approximate surface area is 425 Å². The third-order valence-corrected chi connectivity index (χ3v) is 15.2. The van der Waals surface area contributed by atoms with Crippen molar-refractivity contribution in [1.29, 1.82) is 0 Å². The maximum absolute atomic E-state index is 6.49. The molecule has 1 aromatic heterocycles. The highest BCUT2D eigenvalue weighted by atomic mass is 16.3. The monoisotopic (exact) mass is 929 g/mol. The molecule has 1 aliphatic rings. The first-order valence-electron chi connectivity index (χ1n) is 25.1. The molecular weight excluding hydrogens is 883 g/mol. The molecule has 0 saturated carbocycles. The van der Waals surface area contributed by atoms with Crippen LogP contribution in [-0.2, 0) is 5.41 Å². The zero-order valence-corrected chi connectivity index (χ0v) is 40.0. The van der Waals surface area contributed by atoms with Crippen LogP contribution in [0, 0.1) is 0 Å². The molecule has 0 N–H and O–H groups in total. The Hall–Kier alpha value is -9.50. The highest BCUT2D eigenvalue weighted by molar-refractivity contribution is 6.09. The number of hydrogen-bond acceptors (Lipinski definition) is 2. The molecule has 0 bridgehead atoms. The lowest BCUT2D eigenvalue weighted by atomic mass is 9.67. The third-order valence-electron chi connectivity index (χ3n) is 15.2. The van der Waals surface area contributed by atoms with Gasteiger partial charge in [-0.2, -0.15) is 0 Å². The van der Waals surface area contributed by atoms with E-state index in [4.69, 9.17) is 4.42 Å². The predicted octanol–water partition coefficient (Wildman–Crippen LogP) is 19.2. The van der Waals surface area contributed by atoms with Gasteiger partial charge in [-0.3, -0.25) is 0 Å². The standard InChI is InChI=1S/C71H47NO/c1-3-19-57(20-4-1)71(58-21-5-2-6-22-58)67-27-11-9-23-63(67)64-44-37-56(47-68(64)71)50-33-40-60(41-34-50)72(61-42-35-51(36-43-61)62-25-14-26-66-65-24-10-12-28-69(65)73-70(62)66)59-38-31-49(32-39-59)53-17-13-18-54(45-53)55-30-29-48-15-7-8-16-52(48)46-55/h1-47H. The number of para-hydroxylation sites is 2.